The van der Waals surface area contributed by atoms with Crippen molar-refractivity contribution in [1.82, 2.24) is 14.4 Å². The molecule has 6 nitrogen and oxygen atoms in total. The molecule has 1 aliphatic heterocycles. The zero-order valence-corrected chi connectivity index (χ0v) is 20.1. The van der Waals surface area contributed by atoms with Crippen LogP contribution < -0.4 is 5.32 Å². The van der Waals surface area contributed by atoms with Crippen molar-refractivity contribution in [2.24, 2.45) is 0 Å². The number of aromatic nitrogens is 1. The number of urea groups is 1. The van der Waals surface area contributed by atoms with E-state index in [0.717, 1.165) is 36.2 Å². The topological polar surface area (TPSA) is 49.7 Å². The number of methoxy groups -OCH3 is 1. The van der Waals surface area contributed by atoms with E-state index in [1.165, 1.54) is 11.1 Å². The SMILES string of the molecule is COCCn1cc(NC(=O)N2CCN(C(c3ccccc3)c3ccccc3)CC2)c2ccccc21. The number of hydrogen-bond donors (Lipinski definition) is 1. The normalized spacial score (nSPS) is 14.5. The summed E-state index contributed by atoms with van der Waals surface area (Å²) < 4.78 is 7.39. The van der Waals surface area contributed by atoms with E-state index in [9.17, 15) is 4.79 Å². The summed E-state index contributed by atoms with van der Waals surface area (Å²) in [4.78, 5) is 17.6. The van der Waals surface area contributed by atoms with E-state index in [0.29, 0.717) is 19.7 Å². The Morgan fingerprint density at radius 2 is 1.46 bits per heavy atom. The predicted octanol–water partition coefficient (Wildman–Crippen LogP) is 5.23. The molecule has 35 heavy (non-hydrogen) atoms. The third-order valence-corrected chi connectivity index (χ3v) is 6.76. The van der Waals surface area contributed by atoms with Crippen LogP contribution in [0.2, 0.25) is 0 Å². The van der Waals surface area contributed by atoms with Gasteiger partial charge in [0.2, 0.25) is 0 Å². The Labute approximate surface area is 206 Å². The second-order valence-corrected chi connectivity index (χ2v) is 8.92. The first-order valence-electron chi connectivity index (χ1n) is 12.2. The smallest absolute Gasteiger partial charge is 0.321 e. The van der Waals surface area contributed by atoms with E-state index in [-0.39, 0.29) is 12.1 Å². The molecule has 2 heterocycles. The summed E-state index contributed by atoms with van der Waals surface area (Å²) in [6, 6.07) is 29.5. The molecule has 3 aromatic carbocycles. The molecule has 2 amide bonds. The quantitative estimate of drug-likeness (QED) is 0.404. The van der Waals surface area contributed by atoms with Crippen LogP contribution in [-0.4, -0.2) is 60.3 Å². The van der Waals surface area contributed by atoms with Crippen LogP contribution in [0.4, 0.5) is 10.5 Å². The molecule has 180 valence electrons. The van der Waals surface area contributed by atoms with Gasteiger partial charge in [-0.15, -0.1) is 0 Å². The number of piperazine rings is 1. The number of ether oxygens (including phenoxy) is 1. The van der Waals surface area contributed by atoms with Crippen LogP contribution in [0.15, 0.2) is 91.1 Å². The van der Waals surface area contributed by atoms with Crippen LogP contribution in [0.25, 0.3) is 10.9 Å². The van der Waals surface area contributed by atoms with Gasteiger partial charge in [-0.2, -0.15) is 0 Å². The standard InChI is InChI=1S/C29H32N4O2/c1-35-21-20-33-22-26(25-14-8-9-15-27(25)33)30-29(34)32-18-16-31(17-19-32)28(23-10-4-2-5-11-23)24-12-6-3-7-13-24/h2-15,22,28H,16-21H2,1H3,(H,30,34). The molecule has 0 aliphatic carbocycles. The number of nitrogens with zero attached hydrogens (tertiary/aromatic N) is 3. The zero-order chi connectivity index (χ0) is 24.0. The minimum Gasteiger partial charge on any atom is -0.383 e. The van der Waals surface area contributed by atoms with E-state index in [1.54, 1.807) is 7.11 Å². The van der Waals surface area contributed by atoms with Crippen molar-refractivity contribution in [2.75, 3.05) is 45.2 Å². The lowest BCUT2D eigenvalue weighted by molar-refractivity contribution is 0.126. The van der Waals surface area contributed by atoms with Crippen LogP contribution in [0.3, 0.4) is 0 Å². The number of rotatable bonds is 7. The maximum Gasteiger partial charge on any atom is 0.321 e. The number of para-hydroxylation sites is 1. The molecule has 1 saturated heterocycles. The van der Waals surface area contributed by atoms with Crippen molar-refractivity contribution in [3.8, 4) is 0 Å². The maximum absolute atomic E-state index is 13.2. The van der Waals surface area contributed by atoms with Gasteiger partial charge >= 0.3 is 6.03 Å². The van der Waals surface area contributed by atoms with E-state index >= 15 is 0 Å². The Kier molecular flexibility index (Phi) is 7.12. The molecule has 0 unspecified atom stereocenters. The number of fused-ring (bicyclic) bond motifs is 1. The summed E-state index contributed by atoms with van der Waals surface area (Å²) in [5, 5.41) is 4.21. The van der Waals surface area contributed by atoms with E-state index in [4.69, 9.17) is 4.74 Å². The van der Waals surface area contributed by atoms with Gasteiger partial charge in [-0.1, -0.05) is 78.9 Å². The lowest BCUT2D eigenvalue weighted by atomic mass is 9.96. The highest BCUT2D eigenvalue weighted by molar-refractivity contribution is 6.01. The molecule has 4 aromatic rings. The second kappa shape index (κ2) is 10.8. The zero-order valence-electron chi connectivity index (χ0n) is 20.1. The van der Waals surface area contributed by atoms with Gasteiger partial charge in [0.25, 0.3) is 0 Å². The molecule has 0 atom stereocenters. The lowest BCUT2D eigenvalue weighted by Crippen LogP contribution is -2.51. The van der Waals surface area contributed by atoms with Crippen LogP contribution in [-0.2, 0) is 11.3 Å². The molecule has 0 bridgehead atoms. The van der Waals surface area contributed by atoms with Crippen LogP contribution >= 0.6 is 0 Å². The summed E-state index contributed by atoms with van der Waals surface area (Å²) in [6.07, 6.45) is 2.01. The molecule has 0 saturated carbocycles. The lowest BCUT2D eigenvalue weighted by Gasteiger charge is -2.39. The Morgan fingerprint density at radius 3 is 2.09 bits per heavy atom. The highest BCUT2D eigenvalue weighted by Crippen LogP contribution is 2.30. The van der Waals surface area contributed by atoms with Gasteiger partial charge in [-0.3, -0.25) is 4.90 Å². The first kappa shape index (κ1) is 23.1. The predicted molar refractivity (Wildman–Crippen MR) is 141 cm³/mol. The third kappa shape index (κ3) is 5.09. The van der Waals surface area contributed by atoms with Crippen molar-refractivity contribution in [3.05, 3.63) is 102 Å². The maximum atomic E-state index is 13.2. The molecule has 1 aromatic heterocycles. The number of benzene rings is 3. The van der Waals surface area contributed by atoms with E-state index < -0.39 is 0 Å². The highest BCUT2D eigenvalue weighted by Gasteiger charge is 2.28. The molecular formula is C29H32N4O2. The Hall–Kier alpha value is -3.61. The van der Waals surface area contributed by atoms with Crippen LogP contribution in [0.5, 0.6) is 0 Å². The van der Waals surface area contributed by atoms with Gasteiger partial charge in [-0.25, -0.2) is 4.79 Å². The summed E-state index contributed by atoms with van der Waals surface area (Å²) in [7, 11) is 1.70. The fourth-order valence-corrected chi connectivity index (χ4v) is 4.98. The molecule has 1 fully saturated rings. The molecule has 5 rings (SSSR count). The fraction of sp³-hybridized carbons (Fsp3) is 0.276. The Balaban J connectivity index is 1.28. The largest absolute Gasteiger partial charge is 0.383 e. The monoisotopic (exact) mass is 468 g/mol. The van der Waals surface area contributed by atoms with Gasteiger partial charge in [0.15, 0.2) is 0 Å². The number of amides is 2. The molecule has 1 N–H and O–H groups in total. The molecule has 6 heteroatoms. The number of carbonyl (C=O) groups is 1. The second-order valence-electron chi connectivity index (χ2n) is 8.92. The van der Waals surface area contributed by atoms with Crippen molar-refractivity contribution in [3.63, 3.8) is 0 Å². The van der Waals surface area contributed by atoms with Gasteiger partial charge in [-0.05, 0) is 17.2 Å². The summed E-state index contributed by atoms with van der Waals surface area (Å²) in [5.41, 5.74) is 4.50. The Bertz CT molecular complexity index is 1210. The first-order valence-corrected chi connectivity index (χ1v) is 12.2. The minimum absolute atomic E-state index is 0.0460. The van der Waals surface area contributed by atoms with Crippen molar-refractivity contribution >= 4 is 22.6 Å². The summed E-state index contributed by atoms with van der Waals surface area (Å²) in [6.45, 7) is 4.37. The van der Waals surface area contributed by atoms with Gasteiger partial charge in [0, 0.05) is 51.4 Å². The molecule has 1 aliphatic rings. The van der Waals surface area contributed by atoms with Crippen molar-refractivity contribution in [1.29, 1.82) is 0 Å². The third-order valence-electron chi connectivity index (χ3n) is 6.76. The number of anilines is 1. The van der Waals surface area contributed by atoms with Crippen LogP contribution in [0, 0.1) is 0 Å². The van der Waals surface area contributed by atoms with Gasteiger partial charge in [0.1, 0.15) is 0 Å². The minimum atomic E-state index is -0.0460. The first-order chi connectivity index (χ1) is 17.2. The molecule has 0 radical (unpaired) electrons. The average molecular weight is 469 g/mol. The Morgan fingerprint density at radius 1 is 0.857 bits per heavy atom. The number of nitrogens with one attached hydrogen (secondary N) is 1. The van der Waals surface area contributed by atoms with Gasteiger partial charge < -0.3 is 19.5 Å². The average Bonchev–Trinajstić information content (AvgIpc) is 3.26. The van der Waals surface area contributed by atoms with Crippen molar-refractivity contribution in [2.45, 2.75) is 12.6 Å². The van der Waals surface area contributed by atoms with E-state index in [2.05, 4.69) is 87.6 Å². The van der Waals surface area contributed by atoms with Gasteiger partial charge in [0.05, 0.1) is 23.9 Å². The molecule has 0 spiro atoms. The van der Waals surface area contributed by atoms with E-state index in [1.807, 2.05) is 23.2 Å². The highest BCUT2D eigenvalue weighted by atomic mass is 16.5. The van der Waals surface area contributed by atoms with Crippen LogP contribution in [0.1, 0.15) is 17.2 Å². The number of hydrogen-bond acceptors (Lipinski definition) is 3. The summed E-state index contributed by atoms with van der Waals surface area (Å²) in [5.74, 6) is 0. The van der Waals surface area contributed by atoms with Crippen molar-refractivity contribution < 1.29 is 9.53 Å². The number of carbonyl (C=O) groups excluding carboxylic acids is 1. The molecular weight excluding hydrogens is 436 g/mol. The fourth-order valence-electron chi connectivity index (χ4n) is 4.98. The summed E-state index contributed by atoms with van der Waals surface area (Å²) >= 11 is 0.